The largest absolute Gasteiger partial charge is 0.481 e. The van der Waals surface area contributed by atoms with E-state index in [1.165, 1.54) is 0 Å². The molecule has 1 aliphatic carbocycles. The van der Waals surface area contributed by atoms with Crippen LogP contribution in [0.3, 0.4) is 0 Å². The van der Waals surface area contributed by atoms with Crippen molar-refractivity contribution in [1.29, 1.82) is 0 Å². The number of benzene rings is 1. The van der Waals surface area contributed by atoms with Gasteiger partial charge >= 0.3 is 5.97 Å². The molecule has 2 aliphatic rings. The molecule has 0 radical (unpaired) electrons. The number of carbonyl (C=O) groups excluding carboxylic acids is 2. The number of hydrogen-bond acceptors (Lipinski definition) is 3. The average molecular weight is 330 g/mol. The lowest BCUT2D eigenvalue weighted by Gasteiger charge is -2.32. The lowest BCUT2D eigenvalue weighted by atomic mass is 9.73. The molecule has 2 unspecified atom stereocenters. The monoisotopic (exact) mass is 330 g/mol. The second kappa shape index (κ2) is 6.63. The highest BCUT2D eigenvalue weighted by molar-refractivity contribution is 5.99. The highest BCUT2D eigenvalue weighted by Crippen LogP contribution is 2.36. The number of nitrogens with zero attached hydrogens (tertiary/aromatic N) is 1. The van der Waals surface area contributed by atoms with Gasteiger partial charge in [-0.1, -0.05) is 6.92 Å². The van der Waals surface area contributed by atoms with Crippen LogP contribution in [0.5, 0.6) is 0 Å². The minimum atomic E-state index is -0.902. The molecule has 2 amide bonds. The molecule has 1 saturated carbocycles. The third-order valence-corrected chi connectivity index (χ3v) is 4.92. The number of carbonyl (C=O) groups is 3. The molecule has 0 aromatic heterocycles. The number of amides is 2. The molecule has 6 nitrogen and oxygen atoms in total. The molecule has 1 aromatic carbocycles. The molecule has 1 aliphatic heterocycles. The average Bonchev–Trinajstić information content (AvgIpc) is 2.48. The van der Waals surface area contributed by atoms with Gasteiger partial charge in [0.2, 0.25) is 11.8 Å². The van der Waals surface area contributed by atoms with E-state index in [9.17, 15) is 14.4 Å². The molecule has 0 saturated heterocycles. The van der Waals surface area contributed by atoms with E-state index >= 15 is 0 Å². The molecule has 6 heteroatoms. The normalized spacial score (nSPS) is 22.5. The van der Waals surface area contributed by atoms with Crippen LogP contribution in [0.25, 0.3) is 0 Å². The van der Waals surface area contributed by atoms with Crippen LogP contribution >= 0.6 is 0 Å². The van der Waals surface area contributed by atoms with Crippen LogP contribution in [-0.4, -0.2) is 29.4 Å². The summed E-state index contributed by atoms with van der Waals surface area (Å²) in [5, 5.41) is 11.9. The fourth-order valence-corrected chi connectivity index (χ4v) is 3.45. The Morgan fingerprint density at radius 2 is 2.00 bits per heavy atom. The summed E-state index contributed by atoms with van der Waals surface area (Å²) in [7, 11) is 0. The van der Waals surface area contributed by atoms with Crippen LogP contribution in [0.1, 0.15) is 38.2 Å². The van der Waals surface area contributed by atoms with Gasteiger partial charge in [0.25, 0.3) is 0 Å². The Balaban J connectivity index is 1.73. The van der Waals surface area contributed by atoms with E-state index in [1.807, 2.05) is 19.1 Å². The van der Waals surface area contributed by atoms with Gasteiger partial charge in [0.05, 0.1) is 11.8 Å². The van der Waals surface area contributed by atoms with E-state index in [-0.39, 0.29) is 11.8 Å². The van der Waals surface area contributed by atoms with Crippen LogP contribution in [0, 0.1) is 11.8 Å². The molecule has 2 atom stereocenters. The standard InChI is InChI=1S/C18H22N2O4/c1-2-9-20-15-7-4-12(10-11(15)3-8-16(20)21)19-17(22)13-5-6-14(13)18(23)24/h4,7,10,13-14H,2-3,5-6,8-9H2,1H3,(H,19,22)(H,23,24). The molecule has 128 valence electrons. The van der Waals surface area contributed by atoms with Gasteiger partial charge in [-0.2, -0.15) is 0 Å². The topological polar surface area (TPSA) is 86.7 Å². The third kappa shape index (κ3) is 3.00. The van der Waals surface area contributed by atoms with E-state index < -0.39 is 17.8 Å². The Bertz CT molecular complexity index is 686. The SMILES string of the molecule is CCCN1C(=O)CCc2cc(NC(=O)C3CCC3C(=O)O)ccc21. The van der Waals surface area contributed by atoms with Crippen molar-refractivity contribution < 1.29 is 19.5 Å². The van der Waals surface area contributed by atoms with Gasteiger partial charge in [0, 0.05) is 24.3 Å². The molecular weight excluding hydrogens is 308 g/mol. The summed E-state index contributed by atoms with van der Waals surface area (Å²) >= 11 is 0. The fourth-order valence-electron chi connectivity index (χ4n) is 3.45. The van der Waals surface area contributed by atoms with Crippen LogP contribution in [-0.2, 0) is 20.8 Å². The van der Waals surface area contributed by atoms with E-state index in [0.29, 0.717) is 37.9 Å². The highest BCUT2D eigenvalue weighted by Gasteiger charge is 2.41. The number of rotatable bonds is 5. The maximum absolute atomic E-state index is 12.3. The first-order valence-corrected chi connectivity index (χ1v) is 8.48. The Hall–Kier alpha value is -2.37. The molecule has 3 rings (SSSR count). The van der Waals surface area contributed by atoms with E-state index in [2.05, 4.69) is 5.32 Å². The first-order valence-electron chi connectivity index (χ1n) is 8.48. The van der Waals surface area contributed by atoms with E-state index in [1.54, 1.807) is 11.0 Å². The molecule has 24 heavy (non-hydrogen) atoms. The van der Waals surface area contributed by atoms with Crippen molar-refractivity contribution in [1.82, 2.24) is 0 Å². The number of fused-ring (bicyclic) bond motifs is 1. The van der Waals surface area contributed by atoms with Crippen molar-refractivity contribution in [2.75, 3.05) is 16.8 Å². The first kappa shape index (κ1) is 16.5. The summed E-state index contributed by atoms with van der Waals surface area (Å²) in [4.78, 5) is 37.2. The van der Waals surface area contributed by atoms with Gasteiger partial charge in [-0.25, -0.2) is 0 Å². The van der Waals surface area contributed by atoms with Crippen LogP contribution in [0.4, 0.5) is 11.4 Å². The number of aryl methyl sites for hydroxylation is 1. The van der Waals surface area contributed by atoms with Gasteiger partial charge < -0.3 is 15.3 Å². The zero-order valence-corrected chi connectivity index (χ0v) is 13.7. The molecule has 0 bridgehead atoms. The summed E-state index contributed by atoms with van der Waals surface area (Å²) in [5.74, 6) is -2.01. The van der Waals surface area contributed by atoms with Gasteiger partial charge in [0.15, 0.2) is 0 Å². The summed E-state index contributed by atoms with van der Waals surface area (Å²) in [6.45, 7) is 2.73. The number of anilines is 2. The quantitative estimate of drug-likeness (QED) is 0.868. The fraction of sp³-hybridized carbons (Fsp3) is 0.500. The van der Waals surface area contributed by atoms with Crippen LogP contribution in [0.15, 0.2) is 18.2 Å². The van der Waals surface area contributed by atoms with Gasteiger partial charge in [0.1, 0.15) is 0 Å². The second-order valence-corrected chi connectivity index (χ2v) is 6.51. The zero-order chi connectivity index (χ0) is 17.3. The number of aliphatic carboxylic acids is 1. The number of nitrogens with one attached hydrogen (secondary N) is 1. The lowest BCUT2D eigenvalue weighted by molar-refractivity contribution is -0.151. The van der Waals surface area contributed by atoms with Crippen molar-refractivity contribution in [2.24, 2.45) is 11.8 Å². The Morgan fingerprint density at radius 1 is 1.25 bits per heavy atom. The Labute approximate surface area is 140 Å². The van der Waals surface area contributed by atoms with Gasteiger partial charge in [-0.3, -0.25) is 14.4 Å². The Morgan fingerprint density at radius 3 is 2.62 bits per heavy atom. The number of carboxylic acid groups (broad SMARTS) is 1. The van der Waals surface area contributed by atoms with E-state index in [0.717, 1.165) is 17.7 Å². The predicted octanol–water partition coefficient (Wildman–Crippen LogP) is 2.43. The maximum Gasteiger partial charge on any atom is 0.307 e. The third-order valence-electron chi connectivity index (χ3n) is 4.92. The lowest BCUT2D eigenvalue weighted by Crippen LogP contribution is -2.41. The van der Waals surface area contributed by atoms with Crippen molar-refractivity contribution in [3.8, 4) is 0 Å². The molecule has 2 N–H and O–H groups in total. The minimum absolute atomic E-state index is 0.139. The summed E-state index contributed by atoms with van der Waals surface area (Å²) in [6, 6.07) is 5.55. The van der Waals surface area contributed by atoms with Crippen molar-refractivity contribution in [3.63, 3.8) is 0 Å². The molecular formula is C18H22N2O4. The van der Waals surface area contributed by atoms with E-state index in [4.69, 9.17) is 5.11 Å². The summed E-state index contributed by atoms with van der Waals surface area (Å²) in [6.07, 6.45) is 3.22. The number of carboxylic acids is 1. The van der Waals surface area contributed by atoms with Crippen molar-refractivity contribution in [3.05, 3.63) is 23.8 Å². The Kier molecular flexibility index (Phi) is 4.55. The minimum Gasteiger partial charge on any atom is -0.481 e. The molecule has 0 spiro atoms. The number of hydrogen-bond donors (Lipinski definition) is 2. The predicted molar refractivity (Wildman–Crippen MR) is 89.9 cm³/mol. The summed E-state index contributed by atoms with van der Waals surface area (Å²) < 4.78 is 0. The van der Waals surface area contributed by atoms with Crippen LogP contribution < -0.4 is 10.2 Å². The van der Waals surface area contributed by atoms with Crippen molar-refractivity contribution >= 4 is 29.2 Å². The maximum atomic E-state index is 12.3. The van der Waals surface area contributed by atoms with Gasteiger partial charge in [-0.05, 0) is 49.4 Å². The first-order chi connectivity index (χ1) is 11.5. The van der Waals surface area contributed by atoms with Crippen molar-refractivity contribution in [2.45, 2.75) is 39.0 Å². The molecule has 1 fully saturated rings. The smallest absolute Gasteiger partial charge is 0.307 e. The summed E-state index contributed by atoms with van der Waals surface area (Å²) in [5.41, 5.74) is 2.63. The molecule has 1 heterocycles. The molecule has 1 aromatic rings. The zero-order valence-electron chi connectivity index (χ0n) is 13.7. The highest BCUT2D eigenvalue weighted by atomic mass is 16.4. The van der Waals surface area contributed by atoms with Gasteiger partial charge in [-0.15, -0.1) is 0 Å². The second-order valence-electron chi connectivity index (χ2n) is 6.51. The van der Waals surface area contributed by atoms with Crippen LogP contribution in [0.2, 0.25) is 0 Å².